The van der Waals surface area contributed by atoms with Crippen molar-refractivity contribution in [1.29, 1.82) is 5.26 Å². The van der Waals surface area contributed by atoms with Crippen LogP contribution in [0.2, 0.25) is 0 Å². The summed E-state index contributed by atoms with van der Waals surface area (Å²) in [5, 5.41) is 9.08. The molecule has 1 heterocycles. The van der Waals surface area contributed by atoms with Crippen LogP contribution < -0.4 is 4.74 Å². The summed E-state index contributed by atoms with van der Waals surface area (Å²) < 4.78 is 5.15. The highest BCUT2D eigenvalue weighted by atomic mass is 16.5. The molecule has 3 nitrogen and oxygen atoms in total. The molecule has 1 atom stereocenters. The van der Waals surface area contributed by atoms with Crippen molar-refractivity contribution in [3.63, 3.8) is 0 Å². The van der Waals surface area contributed by atoms with Gasteiger partial charge >= 0.3 is 0 Å². The minimum atomic E-state index is -0.198. The predicted octanol–water partition coefficient (Wildman–Crippen LogP) is 2.18. The van der Waals surface area contributed by atoms with Crippen molar-refractivity contribution in [1.82, 2.24) is 4.90 Å². The van der Waals surface area contributed by atoms with Crippen LogP contribution in [0.3, 0.4) is 0 Å². The Kier molecular flexibility index (Phi) is 2.34. The summed E-state index contributed by atoms with van der Waals surface area (Å²) in [6.07, 6.45) is 3.90. The molecule has 1 unspecified atom stereocenters. The van der Waals surface area contributed by atoms with E-state index in [2.05, 4.69) is 6.07 Å². The number of hydrogen-bond acceptors (Lipinski definition) is 3. The van der Waals surface area contributed by atoms with Crippen LogP contribution in [-0.2, 0) is 0 Å². The Balaban J connectivity index is 2.50. The van der Waals surface area contributed by atoms with Crippen molar-refractivity contribution in [3.05, 3.63) is 35.5 Å². The number of methoxy groups -OCH3 is 1. The first kappa shape index (κ1) is 9.60. The summed E-state index contributed by atoms with van der Waals surface area (Å²) in [4.78, 5) is 1.90. The van der Waals surface area contributed by atoms with E-state index in [4.69, 9.17) is 10.00 Å². The lowest BCUT2D eigenvalue weighted by Gasteiger charge is -2.26. The van der Waals surface area contributed by atoms with Gasteiger partial charge in [-0.25, -0.2) is 0 Å². The number of rotatable bonds is 1. The van der Waals surface area contributed by atoms with Gasteiger partial charge in [-0.1, -0.05) is 6.07 Å². The molecule has 0 aromatic heterocycles. The summed E-state index contributed by atoms with van der Waals surface area (Å²) in [5.41, 5.74) is 2.09. The molecule has 0 fully saturated rings. The fourth-order valence-electron chi connectivity index (χ4n) is 1.74. The van der Waals surface area contributed by atoms with Crippen molar-refractivity contribution < 1.29 is 4.74 Å². The molecule has 1 aromatic rings. The Hall–Kier alpha value is -1.95. The van der Waals surface area contributed by atoms with Crippen LogP contribution in [0.5, 0.6) is 5.75 Å². The Morgan fingerprint density at radius 1 is 1.47 bits per heavy atom. The fraction of sp³-hybridized carbons (Fsp3) is 0.250. The summed E-state index contributed by atoms with van der Waals surface area (Å²) in [6.45, 7) is 0. The lowest BCUT2D eigenvalue weighted by Crippen LogP contribution is -2.21. The second kappa shape index (κ2) is 3.66. The largest absolute Gasteiger partial charge is 0.497 e. The third-order valence-electron chi connectivity index (χ3n) is 2.61. The number of nitrogens with zero attached hydrogens (tertiary/aromatic N) is 2. The van der Waals surface area contributed by atoms with Gasteiger partial charge in [-0.3, -0.25) is 0 Å². The minimum Gasteiger partial charge on any atom is -0.497 e. The summed E-state index contributed by atoms with van der Waals surface area (Å²) in [6, 6.07) is 7.86. The van der Waals surface area contributed by atoms with E-state index in [1.54, 1.807) is 7.11 Å². The Morgan fingerprint density at radius 2 is 2.27 bits per heavy atom. The van der Waals surface area contributed by atoms with Gasteiger partial charge in [0.05, 0.1) is 13.2 Å². The molecule has 0 amide bonds. The van der Waals surface area contributed by atoms with Gasteiger partial charge in [0, 0.05) is 13.2 Å². The highest BCUT2D eigenvalue weighted by Gasteiger charge is 2.20. The van der Waals surface area contributed by atoms with Gasteiger partial charge in [0.25, 0.3) is 0 Å². The molecule has 0 N–H and O–H groups in total. The van der Waals surface area contributed by atoms with Crippen molar-refractivity contribution in [2.24, 2.45) is 0 Å². The van der Waals surface area contributed by atoms with E-state index in [-0.39, 0.29) is 6.04 Å². The first-order valence-corrected chi connectivity index (χ1v) is 4.74. The third-order valence-corrected chi connectivity index (χ3v) is 2.61. The van der Waals surface area contributed by atoms with Crippen LogP contribution >= 0.6 is 0 Å². The van der Waals surface area contributed by atoms with Gasteiger partial charge in [0.15, 0.2) is 0 Å². The van der Waals surface area contributed by atoms with E-state index in [1.807, 2.05) is 42.4 Å². The third kappa shape index (κ3) is 1.55. The molecule has 0 saturated carbocycles. The molecule has 15 heavy (non-hydrogen) atoms. The molecule has 0 spiro atoms. The molecule has 1 aliphatic rings. The smallest absolute Gasteiger partial charge is 0.142 e. The molecular formula is C12H12N2O. The van der Waals surface area contributed by atoms with Crippen LogP contribution in [-0.4, -0.2) is 19.1 Å². The van der Waals surface area contributed by atoms with E-state index in [0.717, 1.165) is 16.9 Å². The maximum atomic E-state index is 9.08. The summed E-state index contributed by atoms with van der Waals surface area (Å²) in [7, 11) is 3.54. The van der Waals surface area contributed by atoms with Crippen LogP contribution in [0.25, 0.3) is 6.08 Å². The van der Waals surface area contributed by atoms with E-state index in [0.29, 0.717) is 0 Å². The summed E-state index contributed by atoms with van der Waals surface area (Å²) >= 11 is 0. The number of hydrogen-bond donors (Lipinski definition) is 0. The lowest BCUT2D eigenvalue weighted by molar-refractivity contribution is 0.395. The van der Waals surface area contributed by atoms with Crippen molar-refractivity contribution in [3.8, 4) is 11.8 Å². The van der Waals surface area contributed by atoms with Crippen LogP contribution in [0.15, 0.2) is 24.4 Å². The maximum absolute atomic E-state index is 9.08. The predicted molar refractivity (Wildman–Crippen MR) is 58.1 cm³/mol. The quantitative estimate of drug-likeness (QED) is 0.697. The Bertz CT molecular complexity index is 445. The van der Waals surface area contributed by atoms with Gasteiger partial charge in [-0.15, -0.1) is 0 Å². The molecule has 1 aromatic carbocycles. The zero-order valence-corrected chi connectivity index (χ0v) is 8.77. The fourth-order valence-corrected chi connectivity index (χ4v) is 1.74. The highest BCUT2D eigenvalue weighted by Crippen LogP contribution is 2.30. The van der Waals surface area contributed by atoms with E-state index in [9.17, 15) is 0 Å². The molecule has 76 valence electrons. The molecule has 0 saturated heterocycles. The van der Waals surface area contributed by atoms with Crippen molar-refractivity contribution in [2.75, 3.05) is 14.2 Å². The number of fused-ring (bicyclic) bond motifs is 1. The van der Waals surface area contributed by atoms with Crippen molar-refractivity contribution >= 4 is 6.08 Å². The minimum absolute atomic E-state index is 0.198. The van der Waals surface area contributed by atoms with Crippen LogP contribution in [0, 0.1) is 11.3 Å². The Morgan fingerprint density at radius 3 is 2.93 bits per heavy atom. The molecule has 0 aliphatic carbocycles. The van der Waals surface area contributed by atoms with E-state index < -0.39 is 0 Å². The average Bonchev–Trinajstić information content (AvgIpc) is 2.28. The van der Waals surface area contributed by atoms with E-state index in [1.165, 1.54) is 0 Å². The van der Waals surface area contributed by atoms with Gasteiger partial charge in [0.2, 0.25) is 0 Å². The number of ether oxygens (including phenoxy) is 1. The molecule has 0 bridgehead atoms. The number of nitriles is 1. The molecule has 0 radical (unpaired) electrons. The van der Waals surface area contributed by atoms with Gasteiger partial charge in [0.1, 0.15) is 11.8 Å². The zero-order chi connectivity index (χ0) is 10.8. The molecule has 3 heteroatoms. The zero-order valence-electron chi connectivity index (χ0n) is 8.77. The average molecular weight is 200 g/mol. The maximum Gasteiger partial charge on any atom is 0.142 e. The SMILES string of the molecule is COc1ccc2c(c1)C=CN(C)C2C#N. The summed E-state index contributed by atoms with van der Waals surface area (Å²) in [5.74, 6) is 0.819. The van der Waals surface area contributed by atoms with Gasteiger partial charge in [-0.05, 0) is 29.3 Å². The molecule has 1 aliphatic heterocycles. The van der Waals surface area contributed by atoms with Crippen LogP contribution in [0.1, 0.15) is 17.2 Å². The van der Waals surface area contributed by atoms with Crippen LogP contribution in [0.4, 0.5) is 0 Å². The Labute approximate surface area is 89.2 Å². The molecule has 2 rings (SSSR count). The lowest BCUT2D eigenvalue weighted by atomic mass is 9.97. The first-order chi connectivity index (χ1) is 7.26. The normalized spacial score (nSPS) is 18.2. The molecular weight excluding hydrogens is 188 g/mol. The first-order valence-electron chi connectivity index (χ1n) is 4.74. The highest BCUT2D eigenvalue weighted by molar-refractivity contribution is 5.60. The topological polar surface area (TPSA) is 36.3 Å². The second-order valence-electron chi connectivity index (χ2n) is 3.51. The number of benzene rings is 1. The van der Waals surface area contributed by atoms with E-state index >= 15 is 0 Å². The van der Waals surface area contributed by atoms with Gasteiger partial charge in [-0.2, -0.15) is 5.26 Å². The van der Waals surface area contributed by atoms with Gasteiger partial charge < -0.3 is 9.64 Å². The second-order valence-corrected chi connectivity index (χ2v) is 3.51. The van der Waals surface area contributed by atoms with Crippen molar-refractivity contribution in [2.45, 2.75) is 6.04 Å². The standard InChI is InChI=1S/C12H12N2O/c1-14-6-5-9-7-10(15-2)3-4-11(9)12(14)8-13/h3-7,12H,1-2H3. The monoisotopic (exact) mass is 200 g/mol.